The largest absolute Gasteiger partial charge is 0.295 e. The van der Waals surface area contributed by atoms with Crippen molar-refractivity contribution in [2.24, 2.45) is 0 Å². The first-order valence-electron chi connectivity index (χ1n) is 6.98. The number of carbonyl (C=O) groups is 2. The molecule has 23 heavy (non-hydrogen) atoms. The monoisotopic (exact) mass is 310 g/mol. The number of Topliss-reactive ketones (excluding diaryl/α,β-unsaturated/α-hetero) is 2. The third kappa shape index (κ3) is 2.91. The van der Waals surface area contributed by atoms with Gasteiger partial charge in [-0.1, -0.05) is 5.21 Å². The Morgan fingerprint density at radius 2 is 1.91 bits per heavy atom. The fourth-order valence-electron chi connectivity index (χ4n) is 2.10. The average molecular weight is 310 g/mol. The van der Waals surface area contributed by atoms with Gasteiger partial charge in [0.1, 0.15) is 18.7 Å². The van der Waals surface area contributed by atoms with Gasteiger partial charge in [-0.2, -0.15) is 5.10 Å². The highest BCUT2D eigenvalue weighted by Crippen LogP contribution is 2.13. The molecule has 0 aliphatic carbocycles. The second-order valence-electron chi connectivity index (χ2n) is 5.07. The van der Waals surface area contributed by atoms with Crippen molar-refractivity contribution in [3.63, 3.8) is 0 Å². The van der Waals surface area contributed by atoms with Crippen molar-refractivity contribution in [3.05, 3.63) is 54.4 Å². The Morgan fingerprint density at radius 1 is 1.17 bits per heavy atom. The van der Waals surface area contributed by atoms with E-state index in [0.29, 0.717) is 5.56 Å². The van der Waals surface area contributed by atoms with Crippen LogP contribution in [0.4, 0.5) is 0 Å². The van der Waals surface area contributed by atoms with Crippen LogP contribution in [0.5, 0.6) is 0 Å². The molecule has 0 amide bonds. The van der Waals surface area contributed by atoms with E-state index in [0.717, 1.165) is 5.69 Å². The van der Waals surface area contributed by atoms with Gasteiger partial charge in [-0.05, 0) is 38.1 Å². The smallest absolute Gasteiger partial charge is 0.208 e. The quantitative estimate of drug-likeness (QED) is 0.663. The summed E-state index contributed by atoms with van der Waals surface area (Å²) in [6, 6.07) is 6.40. The number of ketones is 2. The third-order valence-corrected chi connectivity index (χ3v) is 3.50. The van der Waals surface area contributed by atoms with Gasteiger partial charge in [-0.15, -0.1) is 5.10 Å². The van der Waals surface area contributed by atoms with E-state index in [9.17, 15) is 9.59 Å². The molecule has 3 aromatic rings. The van der Waals surface area contributed by atoms with Crippen LogP contribution < -0.4 is 0 Å². The van der Waals surface area contributed by atoms with Crippen LogP contribution in [0.15, 0.2) is 43.1 Å². The van der Waals surface area contributed by atoms with Crippen LogP contribution in [-0.2, 0) is 0 Å². The molecule has 0 radical (unpaired) electrons. The van der Waals surface area contributed by atoms with Gasteiger partial charge in [0.2, 0.25) is 5.78 Å². The fraction of sp³-hybridized carbons (Fsp3) is 0.200. The normalized spacial score (nSPS) is 12.1. The lowest BCUT2D eigenvalue weighted by atomic mass is 10.1. The van der Waals surface area contributed by atoms with Crippen molar-refractivity contribution < 1.29 is 9.59 Å². The maximum Gasteiger partial charge on any atom is 0.208 e. The molecule has 0 fully saturated rings. The van der Waals surface area contributed by atoms with Crippen LogP contribution in [0.2, 0.25) is 0 Å². The highest BCUT2D eigenvalue weighted by atomic mass is 16.1. The van der Waals surface area contributed by atoms with Crippen molar-refractivity contribution in [1.82, 2.24) is 29.8 Å². The Balaban J connectivity index is 1.82. The Hall–Kier alpha value is -3.16. The van der Waals surface area contributed by atoms with Gasteiger partial charge >= 0.3 is 0 Å². The van der Waals surface area contributed by atoms with Crippen LogP contribution >= 0.6 is 0 Å². The molecule has 0 saturated carbocycles. The van der Waals surface area contributed by atoms with E-state index in [-0.39, 0.29) is 17.3 Å². The van der Waals surface area contributed by atoms with Gasteiger partial charge in [0.05, 0.1) is 11.9 Å². The Labute approximate surface area is 131 Å². The van der Waals surface area contributed by atoms with E-state index in [2.05, 4.69) is 20.4 Å². The molecule has 3 rings (SSSR count). The summed E-state index contributed by atoms with van der Waals surface area (Å²) in [5.41, 5.74) is 1.57. The van der Waals surface area contributed by atoms with Crippen LogP contribution in [0.3, 0.4) is 0 Å². The highest BCUT2D eigenvalue weighted by molar-refractivity contribution is 5.96. The van der Waals surface area contributed by atoms with E-state index in [1.807, 2.05) is 0 Å². The zero-order valence-electron chi connectivity index (χ0n) is 12.6. The van der Waals surface area contributed by atoms with Crippen molar-refractivity contribution in [2.45, 2.75) is 19.9 Å². The molecular formula is C15H14N6O2. The molecule has 0 unspecified atom stereocenters. The number of hydrogen-bond donors (Lipinski definition) is 0. The second kappa shape index (κ2) is 5.91. The summed E-state index contributed by atoms with van der Waals surface area (Å²) in [6.07, 6.45) is 4.41. The molecular weight excluding hydrogens is 296 g/mol. The number of carbonyl (C=O) groups excluding carboxylic acids is 2. The number of hydrogen-bond acceptors (Lipinski definition) is 6. The van der Waals surface area contributed by atoms with Crippen LogP contribution in [-0.4, -0.2) is 41.3 Å². The molecule has 0 N–H and O–H groups in total. The minimum Gasteiger partial charge on any atom is -0.295 e. The highest BCUT2D eigenvalue weighted by Gasteiger charge is 2.21. The first-order valence-corrected chi connectivity index (χ1v) is 6.98. The lowest BCUT2D eigenvalue weighted by molar-refractivity contribution is 0.0922. The number of aromatic nitrogens is 6. The zero-order chi connectivity index (χ0) is 16.4. The van der Waals surface area contributed by atoms with Gasteiger partial charge in [0.15, 0.2) is 11.5 Å². The summed E-state index contributed by atoms with van der Waals surface area (Å²) < 4.78 is 2.95. The van der Waals surface area contributed by atoms with Crippen LogP contribution in [0.1, 0.15) is 40.7 Å². The summed E-state index contributed by atoms with van der Waals surface area (Å²) in [4.78, 5) is 27.5. The maximum atomic E-state index is 12.4. The predicted octanol–water partition coefficient (Wildman–Crippen LogP) is 1.51. The van der Waals surface area contributed by atoms with Crippen LogP contribution in [0.25, 0.3) is 5.69 Å². The Bertz CT molecular complexity index is 835. The topological polar surface area (TPSA) is 95.6 Å². The molecule has 0 aliphatic heterocycles. The first kappa shape index (κ1) is 14.8. The molecule has 1 aromatic carbocycles. The predicted molar refractivity (Wildman–Crippen MR) is 80.4 cm³/mol. The molecule has 0 aliphatic rings. The molecule has 8 heteroatoms. The number of benzene rings is 1. The fourth-order valence-corrected chi connectivity index (χ4v) is 2.10. The van der Waals surface area contributed by atoms with E-state index < -0.39 is 6.04 Å². The van der Waals surface area contributed by atoms with Gasteiger partial charge in [-0.3, -0.25) is 9.59 Å². The van der Waals surface area contributed by atoms with Crippen molar-refractivity contribution in [3.8, 4) is 5.69 Å². The lowest BCUT2D eigenvalue weighted by Gasteiger charge is -2.07. The van der Waals surface area contributed by atoms with E-state index in [1.165, 1.54) is 28.9 Å². The molecule has 8 nitrogen and oxygen atoms in total. The second-order valence-corrected chi connectivity index (χ2v) is 5.07. The zero-order valence-corrected chi connectivity index (χ0v) is 12.6. The van der Waals surface area contributed by atoms with E-state index >= 15 is 0 Å². The van der Waals surface area contributed by atoms with Gasteiger partial charge < -0.3 is 0 Å². The van der Waals surface area contributed by atoms with Crippen molar-refractivity contribution in [2.75, 3.05) is 0 Å². The molecule has 0 spiro atoms. The first-order chi connectivity index (χ1) is 11.1. The lowest BCUT2D eigenvalue weighted by Crippen LogP contribution is -2.17. The number of rotatable bonds is 5. The standard InChI is InChI=1S/C15H14N6O2/c1-10(21-9-16-8-17-21)15(23)14-7-20(19-18-14)13-5-3-12(4-6-13)11(2)22/h3-10H,1-2H3/t10-/m1/s1. The molecule has 1 atom stereocenters. The third-order valence-electron chi connectivity index (χ3n) is 3.50. The summed E-state index contributed by atoms with van der Waals surface area (Å²) in [7, 11) is 0. The van der Waals surface area contributed by atoms with Gasteiger partial charge in [-0.25, -0.2) is 14.3 Å². The summed E-state index contributed by atoms with van der Waals surface area (Å²) in [6.45, 7) is 3.23. The SMILES string of the molecule is CC(=O)c1ccc(-n2cc(C(=O)[C@@H](C)n3cncn3)nn2)cc1. The Kier molecular flexibility index (Phi) is 3.80. The van der Waals surface area contributed by atoms with Gasteiger partial charge in [0, 0.05) is 5.56 Å². The average Bonchev–Trinajstić information content (AvgIpc) is 3.25. The molecule has 0 saturated heterocycles. The minimum atomic E-state index is -0.511. The molecule has 116 valence electrons. The molecule has 2 aromatic heterocycles. The van der Waals surface area contributed by atoms with Gasteiger partial charge in [0.25, 0.3) is 0 Å². The summed E-state index contributed by atoms with van der Waals surface area (Å²) >= 11 is 0. The molecule has 0 bridgehead atoms. The minimum absolute atomic E-state index is 0.00679. The maximum absolute atomic E-state index is 12.4. The summed E-state index contributed by atoms with van der Waals surface area (Å²) in [5, 5.41) is 11.8. The van der Waals surface area contributed by atoms with Crippen molar-refractivity contribution in [1.29, 1.82) is 0 Å². The van der Waals surface area contributed by atoms with E-state index in [1.54, 1.807) is 37.4 Å². The van der Waals surface area contributed by atoms with E-state index in [4.69, 9.17) is 0 Å². The Morgan fingerprint density at radius 3 is 2.52 bits per heavy atom. The molecule has 2 heterocycles. The van der Waals surface area contributed by atoms with Crippen molar-refractivity contribution >= 4 is 11.6 Å². The number of nitrogens with zero attached hydrogens (tertiary/aromatic N) is 6. The summed E-state index contributed by atoms with van der Waals surface area (Å²) in [5.74, 6) is -0.213. The van der Waals surface area contributed by atoms with Crippen LogP contribution in [0, 0.1) is 0 Å².